The van der Waals surface area contributed by atoms with Gasteiger partial charge in [0, 0.05) is 13.6 Å². The highest BCUT2D eigenvalue weighted by molar-refractivity contribution is 7.91. The first-order valence-corrected chi connectivity index (χ1v) is 9.63. The first-order chi connectivity index (χ1) is 9.79. The van der Waals surface area contributed by atoms with Crippen molar-refractivity contribution in [2.24, 2.45) is 0 Å². The van der Waals surface area contributed by atoms with Crippen LogP contribution in [0, 0.1) is 0 Å². The molecule has 6 nitrogen and oxygen atoms in total. The average Bonchev–Trinajstić information content (AvgIpc) is 2.96. The molecule has 120 valence electrons. The van der Waals surface area contributed by atoms with Gasteiger partial charge in [0.1, 0.15) is 9.90 Å². The molecule has 1 fully saturated rings. The van der Waals surface area contributed by atoms with Crippen LogP contribution in [0.5, 0.6) is 0 Å². The molecule has 1 aromatic rings. The van der Waals surface area contributed by atoms with Gasteiger partial charge in [-0.15, -0.1) is 0 Å². The van der Waals surface area contributed by atoms with E-state index in [2.05, 4.69) is 4.37 Å². The second kappa shape index (κ2) is 6.10. The molecule has 3 N–H and O–H groups in total. The number of nitrogen functional groups attached to an aromatic ring is 1. The van der Waals surface area contributed by atoms with Crippen LogP contribution in [0.2, 0.25) is 0 Å². The molecule has 0 spiro atoms. The predicted octanol–water partition coefficient (Wildman–Crippen LogP) is 1.65. The van der Waals surface area contributed by atoms with Gasteiger partial charge in [-0.25, -0.2) is 8.42 Å². The van der Waals surface area contributed by atoms with E-state index < -0.39 is 15.4 Å². The van der Waals surface area contributed by atoms with E-state index in [4.69, 9.17) is 5.73 Å². The fourth-order valence-corrected chi connectivity index (χ4v) is 5.64. The Morgan fingerprint density at radius 1 is 1.43 bits per heavy atom. The largest absolute Gasteiger partial charge is 0.388 e. The molecule has 0 unspecified atom stereocenters. The van der Waals surface area contributed by atoms with Crippen molar-refractivity contribution in [1.29, 1.82) is 0 Å². The summed E-state index contributed by atoms with van der Waals surface area (Å²) < 4.78 is 28.7. The molecule has 0 amide bonds. The summed E-state index contributed by atoms with van der Waals surface area (Å²) in [7, 11) is -1.64. The van der Waals surface area contributed by atoms with E-state index in [-0.39, 0.29) is 16.5 Å². The molecule has 21 heavy (non-hydrogen) atoms. The number of nitrogens with zero attached hydrogens (tertiary/aromatic N) is 2. The van der Waals surface area contributed by atoms with E-state index in [0.717, 1.165) is 37.2 Å². The van der Waals surface area contributed by atoms with E-state index >= 15 is 0 Å². The molecule has 0 aromatic carbocycles. The maximum atomic E-state index is 12.4. The van der Waals surface area contributed by atoms with Crippen LogP contribution < -0.4 is 10.6 Å². The Kier molecular flexibility index (Phi) is 4.79. The van der Waals surface area contributed by atoms with Gasteiger partial charge in [0.05, 0.1) is 11.4 Å². The Morgan fingerprint density at radius 2 is 2.05 bits per heavy atom. The van der Waals surface area contributed by atoms with E-state index in [9.17, 15) is 13.5 Å². The number of hydrogen-bond acceptors (Lipinski definition) is 7. The second-order valence-electron chi connectivity index (χ2n) is 5.81. The summed E-state index contributed by atoms with van der Waals surface area (Å²) in [4.78, 5) is 1.90. The number of aromatic nitrogens is 1. The second-order valence-corrected chi connectivity index (χ2v) is 8.61. The van der Waals surface area contributed by atoms with E-state index in [1.807, 2.05) is 6.92 Å². The van der Waals surface area contributed by atoms with Crippen molar-refractivity contribution in [1.82, 2.24) is 4.37 Å². The molecule has 1 aromatic heterocycles. The van der Waals surface area contributed by atoms with Crippen LogP contribution >= 0.6 is 11.5 Å². The highest BCUT2D eigenvalue weighted by atomic mass is 32.2. The lowest BCUT2D eigenvalue weighted by molar-refractivity contribution is 0.0560. The first-order valence-electron chi connectivity index (χ1n) is 7.20. The lowest BCUT2D eigenvalue weighted by Crippen LogP contribution is -2.39. The molecule has 0 bridgehead atoms. The SMILES string of the molecule is CCCS(=O)(=O)c1c(N)nsc1N(C)CC1(O)CCCC1. The minimum Gasteiger partial charge on any atom is -0.388 e. The summed E-state index contributed by atoms with van der Waals surface area (Å²) in [6.07, 6.45) is 4.06. The third-order valence-corrected chi connectivity index (χ3v) is 6.93. The van der Waals surface area contributed by atoms with Gasteiger partial charge in [-0.05, 0) is 30.8 Å². The van der Waals surface area contributed by atoms with Crippen LogP contribution in [-0.4, -0.2) is 42.8 Å². The summed E-state index contributed by atoms with van der Waals surface area (Å²) in [5.74, 6) is 0.120. The van der Waals surface area contributed by atoms with Crippen LogP contribution in [0.3, 0.4) is 0 Å². The topological polar surface area (TPSA) is 96.5 Å². The summed E-state index contributed by atoms with van der Waals surface area (Å²) in [6, 6.07) is 0. The van der Waals surface area contributed by atoms with Gasteiger partial charge in [-0.2, -0.15) is 4.37 Å². The fourth-order valence-electron chi connectivity index (χ4n) is 2.90. The van der Waals surface area contributed by atoms with Crippen molar-refractivity contribution in [3.05, 3.63) is 0 Å². The molecular weight excluding hydrogens is 310 g/mol. The smallest absolute Gasteiger partial charge is 0.185 e. The molecule has 0 radical (unpaired) electrons. The number of likely N-dealkylation sites (N-methyl/N-ethyl adjacent to an activating group) is 1. The van der Waals surface area contributed by atoms with Crippen LogP contribution in [0.1, 0.15) is 39.0 Å². The van der Waals surface area contributed by atoms with Crippen LogP contribution in [0.15, 0.2) is 4.90 Å². The van der Waals surface area contributed by atoms with Gasteiger partial charge in [0.15, 0.2) is 15.7 Å². The molecule has 0 atom stereocenters. The van der Waals surface area contributed by atoms with Crippen LogP contribution in [-0.2, 0) is 9.84 Å². The molecule has 8 heteroatoms. The van der Waals surface area contributed by atoms with Crippen molar-refractivity contribution in [2.45, 2.75) is 49.5 Å². The molecule has 0 saturated heterocycles. The fraction of sp³-hybridized carbons (Fsp3) is 0.769. The number of hydrogen-bond donors (Lipinski definition) is 2. The van der Waals surface area contributed by atoms with Gasteiger partial charge in [-0.3, -0.25) is 0 Å². The van der Waals surface area contributed by atoms with Gasteiger partial charge < -0.3 is 15.7 Å². The summed E-state index contributed by atoms with van der Waals surface area (Å²) >= 11 is 1.08. The minimum absolute atomic E-state index is 0.0563. The van der Waals surface area contributed by atoms with Gasteiger partial charge in [-0.1, -0.05) is 19.8 Å². The average molecular weight is 333 g/mol. The standard InChI is InChI=1S/C13H23N3O3S2/c1-3-8-21(18,19)10-11(14)15-20-12(10)16(2)9-13(17)6-4-5-7-13/h17H,3-9H2,1-2H3,(H2,14,15). The van der Waals surface area contributed by atoms with Crippen molar-refractivity contribution in [3.63, 3.8) is 0 Å². The molecule has 2 rings (SSSR count). The zero-order valence-corrected chi connectivity index (χ0v) is 14.1. The molecule has 1 saturated carbocycles. The Bertz CT molecular complexity index is 592. The Balaban J connectivity index is 2.28. The van der Waals surface area contributed by atoms with Crippen molar-refractivity contribution in [2.75, 3.05) is 30.0 Å². The summed E-state index contributed by atoms with van der Waals surface area (Å²) in [6.45, 7) is 2.22. The van der Waals surface area contributed by atoms with Crippen molar-refractivity contribution >= 4 is 32.2 Å². The van der Waals surface area contributed by atoms with E-state index in [0.29, 0.717) is 18.0 Å². The van der Waals surface area contributed by atoms with Crippen molar-refractivity contribution < 1.29 is 13.5 Å². The third-order valence-electron chi connectivity index (χ3n) is 3.85. The quantitative estimate of drug-likeness (QED) is 0.821. The molecule has 1 aliphatic carbocycles. The predicted molar refractivity (Wildman–Crippen MR) is 85.6 cm³/mol. The number of rotatable bonds is 6. The Morgan fingerprint density at radius 3 is 2.62 bits per heavy atom. The third kappa shape index (κ3) is 3.49. The normalized spacial score (nSPS) is 18.0. The van der Waals surface area contributed by atoms with Crippen molar-refractivity contribution in [3.8, 4) is 0 Å². The summed E-state index contributed by atoms with van der Waals surface area (Å²) in [5.41, 5.74) is 5.03. The number of nitrogens with two attached hydrogens (primary N) is 1. The monoisotopic (exact) mass is 333 g/mol. The van der Waals surface area contributed by atoms with Gasteiger partial charge in [0.2, 0.25) is 0 Å². The molecule has 1 aliphatic rings. The molecular formula is C13H23N3O3S2. The number of sulfone groups is 1. The minimum atomic E-state index is -3.43. The number of anilines is 2. The Hall–Kier alpha value is -0.860. The zero-order chi connectivity index (χ0) is 15.7. The summed E-state index contributed by atoms with van der Waals surface area (Å²) in [5, 5.41) is 11.0. The van der Waals surface area contributed by atoms with Gasteiger partial charge >= 0.3 is 0 Å². The maximum Gasteiger partial charge on any atom is 0.185 e. The molecule has 1 heterocycles. The maximum absolute atomic E-state index is 12.4. The lowest BCUT2D eigenvalue weighted by atomic mass is 10.0. The number of aliphatic hydroxyl groups is 1. The first kappa shape index (κ1) is 16.5. The van der Waals surface area contributed by atoms with Crippen LogP contribution in [0.4, 0.5) is 10.8 Å². The van der Waals surface area contributed by atoms with Gasteiger partial charge in [0.25, 0.3) is 0 Å². The van der Waals surface area contributed by atoms with Crippen LogP contribution in [0.25, 0.3) is 0 Å². The zero-order valence-electron chi connectivity index (χ0n) is 12.5. The highest BCUT2D eigenvalue weighted by Crippen LogP contribution is 2.37. The molecule has 0 aliphatic heterocycles. The van der Waals surface area contributed by atoms with E-state index in [1.165, 1.54) is 0 Å². The Labute approximate surface area is 130 Å². The van der Waals surface area contributed by atoms with E-state index in [1.54, 1.807) is 11.9 Å². The lowest BCUT2D eigenvalue weighted by Gasteiger charge is -2.29. The highest BCUT2D eigenvalue weighted by Gasteiger charge is 2.35.